The normalized spacial score (nSPS) is 13.2. The van der Waals surface area contributed by atoms with E-state index in [0.717, 1.165) is 23.4 Å². The van der Waals surface area contributed by atoms with E-state index in [4.69, 9.17) is 10.3 Å². The van der Waals surface area contributed by atoms with Crippen LogP contribution < -0.4 is 11.1 Å². The van der Waals surface area contributed by atoms with Gasteiger partial charge in [-0.2, -0.15) is 4.98 Å². The van der Waals surface area contributed by atoms with Gasteiger partial charge in [0.15, 0.2) is 11.5 Å². The van der Waals surface area contributed by atoms with Crippen LogP contribution in [-0.2, 0) is 5.41 Å². The first-order valence-electron chi connectivity index (χ1n) is 10.4. The van der Waals surface area contributed by atoms with Crippen molar-refractivity contribution in [2.45, 2.75) is 33.1 Å². The van der Waals surface area contributed by atoms with Gasteiger partial charge in [-0.3, -0.25) is 4.98 Å². The molecule has 4 aromatic rings. The third-order valence-electron chi connectivity index (χ3n) is 5.62. The predicted molar refractivity (Wildman–Crippen MR) is 120 cm³/mol. The molecule has 32 heavy (non-hydrogen) atoms. The number of rotatable bonds is 7. The Morgan fingerprint density at radius 1 is 1.00 bits per heavy atom. The molecule has 4 rings (SSSR count). The first-order valence-corrected chi connectivity index (χ1v) is 10.4. The van der Waals surface area contributed by atoms with Crippen molar-refractivity contribution in [3.05, 3.63) is 54.2 Å². The van der Waals surface area contributed by atoms with Crippen LogP contribution in [-0.4, -0.2) is 41.8 Å². The minimum absolute atomic E-state index is 0.169. The van der Waals surface area contributed by atoms with Crippen molar-refractivity contribution in [2.24, 2.45) is 5.92 Å². The van der Waals surface area contributed by atoms with Crippen LogP contribution in [0.4, 0.5) is 11.8 Å². The monoisotopic (exact) mass is 431 g/mol. The molecule has 1 unspecified atom stereocenters. The van der Waals surface area contributed by atoms with E-state index in [1.54, 1.807) is 18.5 Å². The van der Waals surface area contributed by atoms with E-state index in [-0.39, 0.29) is 11.9 Å². The maximum absolute atomic E-state index is 5.57. The Kier molecular flexibility index (Phi) is 5.76. The number of anilines is 2. The number of nitrogens with one attached hydrogen (secondary N) is 1. The maximum atomic E-state index is 5.57. The lowest BCUT2D eigenvalue weighted by Crippen LogP contribution is -2.31. The van der Waals surface area contributed by atoms with Crippen molar-refractivity contribution < 1.29 is 4.52 Å². The molecule has 0 amide bonds. The third kappa shape index (κ3) is 3.98. The molecule has 0 aliphatic heterocycles. The van der Waals surface area contributed by atoms with Crippen LogP contribution in [0.2, 0.25) is 0 Å². The van der Waals surface area contributed by atoms with E-state index in [2.05, 4.69) is 61.4 Å². The van der Waals surface area contributed by atoms with E-state index in [1.165, 1.54) is 0 Å². The molecule has 0 bridgehead atoms. The van der Waals surface area contributed by atoms with E-state index in [1.807, 2.05) is 31.3 Å². The molecule has 0 spiro atoms. The highest BCUT2D eigenvalue weighted by atomic mass is 16.5. The van der Waals surface area contributed by atoms with Gasteiger partial charge in [-0.15, -0.1) is 10.2 Å². The third-order valence-corrected chi connectivity index (χ3v) is 5.62. The van der Waals surface area contributed by atoms with Gasteiger partial charge in [-0.1, -0.05) is 25.1 Å². The Morgan fingerprint density at radius 3 is 2.34 bits per heavy atom. The zero-order valence-electron chi connectivity index (χ0n) is 18.4. The summed E-state index contributed by atoms with van der Waals surface area (Å²) in [6.07, 6.45) is 5.13. The van der Waals surface area contributed by atoms with E-state index >= 15 is 0 Å². The second kappa shape index (κ2) is 8.66. The van der Waals surface area contributed by atoms with Crippen LogP contribution >= 0.6 is 0 Å². The molecule has 10 heteroatoms. The molecular weight excluding hydrogens is 406 g/mol. The van der Waals surface area contributed by atoms with Crippen molar-refractivity contribution in [3.8, 4) is 22.8 Å². The number of aromatic nitrogens is 7. The van der Waals surface area contributed by atoms with Crippen LogP contribution in [0.3, 0.4) is 0 Å². The van der Waals surface area contributed by atoms with Crippen molar-refractivity contribution in [3.63, 3.8) is 0 Å². The molecule has 0 saturated carbocycles. The van der Waals surface area contributed by atoms with Gasteiger partial charge in [0.2, 0.25) is 5.95 Å². The first kappa shape index (κ1) is 21.3. The fourth-order valence-corrected chi connectivity index (χ4v) is 3.32. The molecule has 4 heterocycles. The van der Waals surface area contributed by atoms with Gasteiger partial charge in [0.05, 0.1) is 11.1 Å². The highest BCUT2D eigenvalue weighted by Crippen LogP contribution is 2.38. The van der Waals surface area contributed by atoms with Crippen LogP contribution in [0.1, 0.15) is 39.1 Å². The van der Waals surface area contributed by atoms with Gasteiger partial charge < -0.3 is 15.6 Å². The van der Waals surface area contributed by atoms with E-state index in [0.29, 0.717) is 23.2 Å². The minimum Gasteiger partial charge on any atom is -0.369 e. The summed E-state index contributed by atoms with van der Waals surface area (Å²) < 4.78 is 5.54. The van der Waals surface area contributed by atoms with Gasteiger partial charge in [0.1, 0.15) is 5.82 Å². The van der Waals surface area contributed by atoms with E-state index in [9.17, 15) is 0 Å². The molecule has 0 aliphatic carbocycles. The van der Waals surface area contributed by atoms with Crippen molar-refractivity contribution in [2.75, 3.05) is 17.6 Å². The molecule has 3 N–H and O–H groups in total. The second-order valence-electron chi connectivity index (χ2n) is 7.88. The van der Waals surface area contributed by atoms with Gasteiger partial charge in [0.25, 0.3) is 5.89 Å². The molecule has 164 valence electrons. The molecular formula is C22H25N9O. The van der Waals surface area contributed by atoms with Gasteiger partial charge in [-0.25, -0.2) is 9.97 Å². The Morgan fingerprint density at radius 2 is 1.75 bits per heavy atom. The number of hydrogen-bond donors (Lipinski definition) is 2. The predicted octanol–water partition coefficient (Wildman–Crippen LogP) is 3.35. The molecule has 0 aliphatic rings. The number of hydrogen-bond acceptors (Lipinski definition) is 10. The van der Waals surface area contributed by atoms with Crippen molar-refractivity contribution in [1.29, 1.82) is 0 Å². The smallest absolute Gasteiger partial charge is 0.278 e. The topological polar surface area (TPSA) is 141 Å². The summed E-state index contributed by atoms with van der Waals surface area (Å²) in [4.78, 5) is 17.3. The summed E-state index contributed by atoms with van der Waals surface area (Å²) in [6.45, 7) is 9.07. The Hall–Kier alpha value is -3.95. The summed E-state index contributed by atoms with van der Waals surface area (Å²) in [7, 11) is 0. The molecule has 1 atom stereocenters. The Balaban J connectivity index is 1.64. The lowest BCUT2D eigenvalue weighted by molar-refractivity contribution is 0.350. The summed E-state index contributed by atoms with van der Waals surface area (Å²) in [5, 5.41) is 15.7. The largest absolute Gasteiger partial charge is 0.369 e. The van der Waals surface area contributed by atoms with Crippen LogP contribution in [0, 0.1) is 5.92 Å². The molecule has 0 saturated heterocycles. The van der Waals surface area contributed by atoms with Crippen LogP contribution in [0.15, 0.2) is 47.4 Å². The zero-order chi connectivity index (χ0) is 22.7. The fraction of sp³-hybridized carbons (Fsp3) is 0.318. The molecule has 0 aromatic carbocycles. The van der Waals surface area contributed by atoms with Gasteiger partial charge >= 0.3 is 0 Å². The summed E-state index contributed by atoms with van der Waals surface area (Å²) in [5.41, 5.74) is 8.08. The van der Waals surface area contributed by atoms with Gasteiger partial charge in [-0.05, 0) is 43.5 Å². The Bertz CT molecular complexity index is 1170. The maximum Gasteiger partial charge on any atom is 0.278 e. The van der Waals surface area contributed by atoms with Crippen LogP contribution in [0.5, 0.6) is 0 Å². The first-order chi connectivity index (χ1) is 15.4. The van der Waals surface area contributed by atoms with E-state index < -0.39 is 5.41 Å². The lowest BCUT2D eigenvalue weighted by Gasteiger charge is -2.30. The molecule has 0 fully saturated rings. The second-order valence-corrected chi connectivity index (χ2v) is 7.88. The summed E-state index contributed by atoms with van der Waals surface area (Å²) in [6, 6.07) is 7.58. The highest BCUT2D eigenvalue weighted by Gasteiger charge is 2.38. The minimum atomic E-state index is -0.526. The molecule has 0 radical (unpaired) electrons. The average molecular weight is 432 g/mol. The number of nitrogen functional groups attached to an aromatic ring is 1. The quantitative estimate of drug-likeness (QED) is 0.447. The number of nitrogens with two attached hydrogens (primary N) is 1. The summed E-state index contributed by atoms with van der Waals surface area (Å²) in [5.74, 6) is 1.98. The van der Waals surface area contributed by atoms with Crippen molar-refractivity contribution >= 4 is 11.8 Å². The lowest BCUT2D eigenvalue weighted by atomic mass is 9.73. The standard InChI is InChI=1S/C22H25N9O/c1-5-24-18-9-8-17(29-30-18)19-28-20(31-32-19)22(4,13(2)3)15-6-7-16(25-12-15)14-10-26-21(23)27-11-14/h6-13H,5H2,1-4H3,(H,24,30)(H2,23,26,27). The van der Waals surface area contributed by atoms with Crippen molar-refractivity contribution in [1.82, 2.24) is 35.3 Å². The fourth-order valence-electron chi connectivity index (χ4n) is 3.32. The summed E-state index contributed by atoms with van der Waals surface area (Å²) >= 11 is 0. The number of nitrogens with zero attached hydrogens (tertiary/aromatic N) is 7. The zero-order valence-corrected chi connectivity index (χ0v) is 18.4. The van der Waals surface area contributed by atoms with Gasteiger partial charge in [0, 0.05) is 30.7 Å². The molecule has 10 nitrogen and oxygen atoms in total. The highest BCUT2D eigenvalue weighted by molar-refractivity contribution is 5.57. The van der Waals surface area contributed by atoms with Crippen LogP contribution in [0.25, 0.3) is 22.8 Å². The Labute approximate surface area is 185 Å². The number of pyridine rings is 1. The SMILES string of the molecule is CCNc1ccc(-c2nc(C(C)(c3ccc(-c4cnc(N)nc4)nc3)C(C)C)no2)nn1. The molecule has 4 aromatic heterocycles. The average Bonchev–Trinajstić information content (AvgIpc) is 3.30.